The molecule has 2 aromatic heterocycles. The molecule has 5 rings (SSSR count). The van der Waals surface area contributed by atoms with Gasteiger partial charge in [0.25, 0.3) is 5.91 Å². The van der Waals surface area contributed by atoms with E-state index in [-0.39, 0.29) is 18.5 Å². The molecule has 1 amide bonds. The van der Waals surface area contributed by atoms with Crippen molar-refractivity contribution in [3.63, 3.8) is 0 Å². The molecule has 0 saturated heterocycles. The lowest BCUT2D eigenvalue weighted by Gasteiger charge is -2.22. The average Bonchev–Trinajstić information content (AvgIpc) is 3.55. The third kappa shape index (κ3) is 5.51. The van der Waals surface area contributed by atoms with Gasteiger partial charge in [0.05, 0.1) is 24.0 Å². The van der Waals surface area contributed by atoms with Crippen LogP contribution >= 0.6 is 0 Å². The Kier molecular flexibility index (Phi) is 6.47. The van der Waals surface area contributed by atoms with Gasteiger partial charge in [-0.2, -0.15) is 0 Å². The Balaban J connectivity index is 1.62. The quantitative estimate of drug-likeness (QED) is 0.308. The fraction of sp³-hybridized carbons (Fsp3) is 0.321. The van der Waals surface area contributed by atoms with Crippen LogP contribution in [0.3, 0.4) is 0 Å². The molecular weight excluding hydrogens is 470 g/mol. The number of hydrogen-bond donors (Lipinski definition) is 3. The third-order valence-electron chi connectivity index (χ3n) is 6.15. The molecule has 1 saturated carbocycles. The Hall–Kier alpha value is -4.11. The highest BCUT2D eigenvalue weighted by Crippen LogP contribution is 2.40. The number of nitrogens with zero attached hydrogens (tertiary/aromatic N) is 3. The molecule has 9 nitrogen and oxygen atoms in total. The Morgan fingerprint density at radius 2 is 1.89 bits per heavy atom. The molecule has 0 atom stereocenters. The van der Waals surface area contributed by atoms with Crippen molar-refractivity contribution in [3.05, 3.63) is 66.0 Å². The van der Waals surface area contributed by atoms with E-state index in [1.165, 1.54) is 0 Å². The van der Waals surface area contributed by atoms with Crippen molar-refractivity contribution >= 4 is 17.2 Å². The molecule has 3 N–H and O–H groups in total. The molecule has 0 bridgehead atoms. The van der Waals surface area contributed by atoms with Gasteiger partial charge in [0.15, 0.2) is 5.65 Å². The van der Waals surface area contributed by atoms with Crippen LogP contribution in [-0.4, -0.2) is 50.9 Å². The van der Waals surface area contributed by atoms with E-state index in [2.05, 4.69) is 15.6 Å². The van der Waals surface area contributed by atoms with Crippen LogP contribution in [0.1, 0.15) is 42.6 Å². The second-order valence-electron chi connectivity index (χ2n) is 9.97. The van der Waals surface area contributed by atoms with Crippen molar-refractivity contribution in [2.45, 2.75) is 45.3 Å². The predicted octanol–water partition coefficient (Wildman–Crippen LogP) is 4.58. The van der Waals surface area contributed by atoms with E-state index >= 15 is 0 Å². The van der Waals surface area contributed by atoms with Gasteiger partial charge in [-0.3, -0.25) is 4.79 Å². The molecule has 1 fully saturated rings. The van der Waals surface area contributed by atoms with Crippen LogP contribution in [-0.2, 0) is 0 Å². The minimum absolute atomic E-state index is 0.0662. The first-order chi connectivity index (χ1) is 17.7. The molecule has 0 spiro atoms. The van der Waals surface area contributed by atoms with Gasteiger partial charge in [-0.25, -0.2) is 9.50 Å². The smallest absolute Gasteiger partial charge is 0.251 e. The molecule has 9 heteroatoms. The van der Waals surface area contributed by atoms with Gasteiger partial charge in [0, 0.05) is 30.5 Å². The fourth-order valence-electron chi connectivity index (χ4n) is 4.05. The number of imidazole rings is 1. The van der Waals surface area contributed by atoms with E-state index < -0.39 is 5.60 Å². The van der Waals surface area contributed by atoms with E-state index in [4.69, 9.17) is 14.6 Å². The summed E-state index contributed by atoms with van der Waals surface area (Å²) in [5.41, 5.74) is 3.24. The fourth-order valence-corrected chi connectivity index (χ4v) is 4.05. The first kappa shape index (κ1) is 24.6. The zero-order valence-electron chi connectivity index (χ0n) is 21.4. The molecule has 192 valence electrons. The number of fused-ring (bicyclic) bond motifs is 1. The third-order valence-corrected chi connectivity index (χ3v) is 6.15. The Bertz CT molecular complexity index is 1440. The van der Waals surface area contributed by atoms with Crippen LogP contribution in [0, 0.1) is 6.92 Å². The summed E-state index contributed by atoms with van der Waals surface area (Å²) < 4.78 is 13.2. The first-order valence-electron chi connectivity index (χ1n) is 12.3. The molecule has 4 aromatic rings. The van der Waals surface area contributed by atoms with Crippen molar-refractivity contribution in [3.8, 4) is 28.5 Å². The Morgan fingerprint density at radius 1 is 1.16 bits per heavy atom. The summed E-state index contributed by atoms with van der Waals surface area (Å²) in [7, 11) is 1.61. The highest BCUT2D eigenvalue weighted by molar-refractivity contribution is 5.97. The number of ether oxygens (including phenoxy) is 2. The van der Waals surface area contributed by atoms with Gasteiger partial charge < -0.3 is 25.2 Å². The van der Waals surface area contributed by atoms with E-state index in [0.29, 0.717) is 39.8 Å². The number of benzene rings is 2. The summed E-state index contributed by atoms with van der Waals surface area (Å²) in [5.74, 6) is 1.58. The predicted molar refractivity (Wildman–Crippen MR) is 142 cm³/mol. The standard InChI is InChI=1S/C28H31N5O4/c1-17-15-18(5-12-22(17)26(34)31-19-6-7-19)23-24(30-16-28(2,3)35)25-29-13-14-33(25)32-27(23)37-21-10-8-20(36-4)9-11-21/h5,8-15,19,30,35H,6-7,16H2,1-4H3,(H,31,34). The van der Waals surface area contributed by atoms with Crippen LogP contribution in [0.2, 0.25) is 0 Å². The van der Waals surface area contributed by atoms with Crippen LogP contribution in [0.5, 0.6) is 17.4 Å². The normalized spacial score (nSPS) is 13.4. The molecule has 0 aliphatic heterocycles. The number of aliphatic hydroxyl groups is 1. The number of aromatic nitrogens is 3. The highest BCUT2D eigenvalue weighted by atomic mass is 16.5. The minimum atomic E-state index is -0.970. The zero-order valence-corrected chi connectivity index (χ0v) is 21.4. The van der Waals surface area contributed by atoms with Crippen molar-refractivity contribution in [2.24, 2.45) is 0 Å². The number of carbonyl (C=O) groups is 1. The number of aryl methyl sites for hydroxylation is 1. The number of amides is 1. The maximum Gasteiger partial charge on any atom is 0.251 e. The zero-order chi connectivity index (χ0) is 26.2. The maximum absolute atomic E-state index is 12.7. The van der Waals surface area contributed by atoms with Gasteiger partial charge in [0.2, 0.25) is 5.88 Å². The van der Waals surface area contributed by atoms with Gasteiger partial charge >= 0.3 is 0 Å². The number of hydrogen-bond acceptors (Lipinski definition) is 7. The molecule has 2 aromatic carbocycles. The Labute approximate surface area is 215 Å². The van der Waals surface area contributed by atoms with Crippen LogP contribution < -0.4 is 20.1 Å². The van der Waals surface area contributed by atoms with Crippen molar-refractivity contribution in [2.75, 3.05) is 19.0 Å². The number of methoxy groups -OCH3 is 1. The minimum Gasteiger partial charge on any atom is -0.497 e. The number of rotatable bonds is 9. The lowest BCUT2D eigenvalue weighted by atomic mass is 9.98. The van der Waals surface area contributed by atoms with Gasteiger partial charge in [-0.1, -0.05) is 12.1 Å². The topological polar surface area (TPSA) is 110 Å². The largest absolute Gasteiger partial charge is 0.497 e. The van der Waals surface area contributed by atoms with Crippen LogP contribution in [0.4, 0.5) is 5.69 Å². The van der Waals surface area contributed by atoms with E-state index in [0.717, 1.165) is 24.0 Å². The highest BCUT2D eigenvalue weighted by Gasteiger charge is 2.26. The average molecular weight is 502 g/mol. The van der Waals surface area contributed by atoms with Crippen LogP contribution in [0.25, 0.3) is 16.8 Å². The molecule has 2 heterocycles. The number of carbonyl (C=O) groups excluding carboxylic acids is 1. The summed E-state index contributed by atoms with van der Waals surface area (Å²) in [6, 6.07) is 13.2. The lowest BCUT2D eigenvalue weighted by molar-refractivity contribution is 0.0940. The van der Waals surface area contributed by atoms with E-state index in [1.807, 2.05) is 49.4 Å². The molecule has 0 unspecified atom stereocenters. The van der Waals surface area contributed by atoms with Crippen LogP contribution in [0.15, 0.2) is 54.9 Å². The summed E-state index contributed by atoms with van der Waals surface area (Å²) in [6.45, 7) is 5.65. The first-order valence-corrected chi connectivity index (χ1v) is 12.3. The number of nitrogens with one attached hydrogen (secondary N) is 2. The second-order valence-corrected chi connectivity index (χ2v) is 9.97. The molecular formula is C28H31N5O4. The second kappa shape index (κ2) is 9.74. The summed E-state index contributed by atoms with van der Waals surface area (Å²) in [4.78, 5) is 17.2. The van der Waals surface area contributed by atoms with E-state index in [1.54, 1.807) is 37.9 Å². The summed E-state index contributed by atoms with van der Waals surface area (Å²) in [5, 5.41) is 21.6. The monoisotopic (exact) mass is 501 g/mol. The van der Waals surface area contributed by atoms with Crippen molar-refractivity contribution in [1.29, 1.82) is 0 Å². The SMILES string of the molecule is COc1ccc(Oc2nn3ccnc3c(NCC(C)(C)O)c2-c2ccc(C(=O)NC3CC3)c(C)c2)cc1. The number of anilines is 1. The van der Waals surface area contributed by atoms with Gasteiger partial charge in [-0.05, 0) is 75.1 Å². The summed E-state index contributed by atoms with van der Waals surface area (Å²) in [6.07, 6.45) is 5.46. The van der Waals surface area contributed by atoms with Crippen molar-refractivity contribution < 1.29 is 19.4 Å². The van der Waals surface area contributed by atoms with Gasteiger partial charge in [0.1, 0.15) is 11.5 Å². The lowest BCUT2D eigenvalue weighted by Crippen LogP contribution is -2.29. The van der Waals surface area contributed by atoms with Gasteiger partial charge in [-0.15, -0.1) is 5.10 Å². The Morgan fingerprint density at radius 3 is 2.54 bits per heavy atom. The summed E-state index contributed by atoms with van der Waals surface area (Å²) >= 11 is 0. The molecule has 37 heavy (non-hydrogen) atoms. The molecule has 0 radical (unpaired) electrons. The maximum atomic E-state index is 12.7. The molecule has 1 aliphatic rings. The van der Waals surface area contributed by atoms with E-state index in [9.17, 15) is 9.90 Å². The van der Waals surface area contributed by atoms with Crippen molar-refractivity contribution in [1.82, 2.24) is 19.9 Å². The molecule has 1 aliphatic carbocycles.